The van der Waals surface area contributed by atoms with Crippen LogP contribution in [0, 0.1) is 0 Å². The lowest BCUT2D eigenvalue weighted by Gasteiger charge is -2.39. The van der Waals surface area contributed by atoms with E-state index >= 15 is 0 Å². The lowest BCUT2D eigenvalue weighted by molar-refractivity contribution is -0.138. The quantitative estimate of drug-likeness (QED) is 0.798. The summed E-state index contributed by atoms with van der Waals surface area (Å²) in [5.74, 6) is 0.591. The maximum atomic E-state index is 12.0. The van der Waals surface area contributed by atoms with Gasteiger partial charge in [0.2, 0.25) is 5.91 Å². The molecule has 5 nitrogen and oxygen atoms in total. The molecule has 96 valence electrons. The summed E-state index contributed by atoms with van der Waals surface area (Å²) >= 11 is 0. The van der Waals surface area contributed by atoms with Crippen molar-refractivity contribution in [2.24, 2.45) is 0 Å². The third-order valence-electron chi connectivity index (χ3n) is 3.68. The van der Waals surface area contributed by atoms with Crippen LogP contribution >= 0.6 is 0 Å². The highest BCUT2D eigenvalue weighted by molar-refractivity contribution is 5.77. The van der Waals surface area contributed by atoms with E-state index < -0.39 is 0 Å². The summed E-state index contributed by atoms with van der Waals surface area (Å²) in [7, 11) is 0. The van der Waals surface area contributed by atoms with Crippen LogP contribution in [0.15, 0.2) is 18.6 Å². The summed E-state index contributed by atoms with van der Waals surface area (Å²) in [6, 6.07) is 1.92. The van der Waals surface area contributed by atoms with Gasteiger partial charge < -0.3 is 9.64 Å². The minimum absolute atomic E-state index is 0.149. The first-order valence-electron chi connectivity index (χ1n) is 6.48. The summed E-state index contributed by atoms with van der Waals surface area (Å²) in [5, 5.41) is 0. The molecule has 2 aliphatic heterocycles. The summed E-state index contributed by atoms with van der Waals surface area (Å²) in [6.07, 6.45) is 6.11. The lowest BCUT2D eigenvalue weighted by Crippen LogP contribution is -2.49. The molecule has 18 heavy (non-hydrogen) atoms. The van der Waals surface area contributed by atoms with Gasteiger partial charge in [-0.15, -0.1) is 0 Å². The molecule has 0 bridgehead atoms. The highest BCUT2D eigenvalue weighted by Crippen LogP contribution is 2.26. The topological polar surface area (TPSA) is 55.3 Å². The highest BCUT2D eigenvalue weighted by Gasteiger charge is 2.33. The zero-order chi connectivity index (χ0) is 12.4. The number of rotatable bonds is 3. The molecule has 2 saturated heterocycles. The molecule has 3 heterocycles. The van der Waals surface area contributed by atoms with Gasteiger partial charge in [0, 0.05) is 31.8 Å². The number of carbonyl (C=O) groups excluding carboxylic acids is 1. The zero-order valence-electron chi connectivity index (χ0n) is 10.3. The molecule has 0 spiro atoms. The minimum Gasteiger partial charge on any atom is -0.378 e. The van der Waals surface area contributed by atoms with Crippen molar-refractivity contribution in [1.29, 1.82) is 0 Å². The molecule has 3 rings (SSSR count). The van der Waals surface area contributed by atoms with E-state index in [0.29, 0.717) is 12.3 Å². The van der Waals surface area contributed by atoms with Gasteiger partial charge in [-0.05, 0) is 18.9 Å². The number of aromatic nitrogens is 2. The van der Waals surface area contributed by atoms with Crippen molar-refractivity contribution in [2.45, 2.75) is 31.3 Å². The molecule has 0 saturated carbocycles. The number of likely N-dealkylation sites (tertiary alicyclic amines) is 1. The molecule has 1 atom stereocenters. The first kappa shape index (κ1) is 11.6. The second-order valence-corrected chi connectivity index (χ2v) is 4.97. The molecule has 1 aromatic rings. The summed E-state index contributed by atoms with van der Waals surface area (Å²) in [6.45, 7) is 2.37. The van der Waals surface area contributed by atoms with Crippen molar-refractivity contribution in [3.05, 3.63) is 24.3 Å². The zero-order valence-corrected chi connectivity index (χ0v) is 10.3. The monoisotopic (exact) mass is 247 g/mol. The first-order valence-corrected chi connectivity index (χ1v) is 6.48. The van der Waals surface area contributed by atoms with Gasteiger partial charge in [0.1, 0.15) is 6.33 Å². The summed E-state index contributed by atoms with van der Waals surface area (Å²) in [5.41, 5.74) is 1.03. The van der Waals surface area contributed by atoms with E-state index in [4.69, 9.17) is 4.74 Å². The molecule has 0 aromatic carbocycles. The molecule has 5 heteroatoms. The second-order valence-electron chi connectivity index (χ2n) is 4.97. The van der Waals surface area contributed by atoms with Crippen molar-refractivity contribution in [3.63, 3.8) is 0 Å². The van der Waals surface area contributed by atoms with E-state index in [1.807, 2.05) is 11.0 Å². The van der Waals surface area contributed by atoms with Crippen molar-refractivity contribution in [1.82, 2.24) is 14.9 Å². The third kappa shape index (κ3) is 2.36. The molecule has 2 fully saturated rings. The van der Waals surface area contributed by atoms with E-state index in [0.717, 1.165) is 38.2 Å². The second kappa shape index (κ2) is 5.02. The molecule has 1 amide bonds. The highest BCUT2D eigenvalue weighted by atomic mass is 16.5. The predicted octanol–water partition coefficient (Wildman–Crippen LogP) is 0.972. The van der Waals surface area contributed by atoms with Crippen molar-refractivity contribution < 1.29 is 9.53 Å². The van der Waals surface area contributed by atoms with Gasteiger partial charge >= 0.3 is 0 Å². The number of hydrogen-bond donors (Lipinski definition) is 0. The van der Waals surface area contributed by atoms with Crippen molar-refractivity contribution in [3.8, 4) is 0 Å². The number of ether oxygens (including phenoxy) is 1. The Kier molecular flexibility index (Phi) is 3.23. The Balaban J connectivity index is 1.48. The average Bonchev–Trinajstić information content (AvgIpc) is 2.81. The Morgan fingerprint density at radius 2 is 2.39 bits per heavy atom. The van der Waals surface area contributed by atoms with Crippen LogP contribution in [0.2, 0.25) is 0 Å². The standard InChI is InChI=1S/C13H17N3O2/c17-13(6-11-2-1-5-18-11)16-7-10(8-16)12-3-4-14-9-15-12/h3-4,9-11H,1-2,5-8H2. The van der Waals surface area contributed by atoms with Gasteiger partial charge in [0.25, 0.3) is 0 Å². The van der Waals surface area contributed by atoms with Gasteiger partial charge in [0.15, 0.2) is 0 Å². The van der Waals surface area contributed by atoms with Crippen molar-refractivity contribution >= 4 is 5.91 Å². The Hall–Kier alpha value is -1.49. The van der Waals surface area contributed by atoms with Crippen LogP contribution in [-0.2, 0) is 9.53 Å². The molecule has 0 N–H and O–H groups in total. The molecule has 1 aromatic heterocycles. The Morgan fingerprint density at radius 3 is 3.06 bits per heavy atom. The molecular formula is C13H17N3O2. The molecule has 1 unspecified atom stereocenters. The van der Waals surface area contributed by atoms with E-state index in [1.54, 1.807) is 12.5 Å². The van der Waals surface area contributed by atoms with E-state index in [1.165, 1.54) is 0 Å². The average molecular weight is 247 g/mol. The van der Waals surface area contributed by atoms with E-state index in [2.05, 4.69) is 9.97 Å². The Morgan fingerprint density at radius 1 is 1.50 bits per heavy atom. The first-order chi connectivity index (χ1) is 8.83. The van der Waals surface area contributed by atoms with Crippen molar-refractivity contribution in [2.75, 3.05) is 19.7 Å². The minimum atomic E-state index is 0.149. The van der Waals surface area contributed by atoms with Gasteiger partial charge in [0.05, 0.1) is 18.2 Å². The number of amides is 1. The van der Waals surface area contributed by atoms with Gasteiger partial charge in [-0.25, -0.2) is 9.97 Å². The molecule has 2 aliphatic rings. The normalized spacial score (nSPS) is 24.0. The van der Waals surface area contributed by atoms with Crippen LogP contribution in [0.1, 0.15) is 30.9 Å². The maximum absolute atomic E-state index is 12.0. The number of carbonyl (C=O) groups is 1. The lowest BCUT2D eigenvalue weighted by atomic mass is 9.95. The molecule has 0 aliphatic carbocycles. The fourth-order valence-electron chi connectivity index (χ4n) is 2.54. The molecule has 0 radical (unpaired) electrons. The van der Waals surface area contributed by atoms with Crippen LogP contribution in [0.5, 0.6) is 0 Å². The number of hydrogen-bond acceptors (Lipinski definition) is 4. The van der Waals surface area contributed by atoms with Gasteiger partial charge in [-0.3, -0.25) is 4.79 Å². The predicted molar refractivity (Wildman–Crippen MR) is 64.9 cm³/mol. The SMILES string of the molecule is O=C(CC1CCCO1)N1CC(c2ccncn2)C1. The third-order valence-corrected chi connectivity index (χ3v) is 3.68. The number of nitrogens with zero attached hydrogens (tertiary/aromatic N) is 3. The maximum Gasteiger partial charge on any atom is 0.225 e. The van der Waals surface area contributed by atoms with Crippen LogP contribution in [0.4, 0.5) is 0 Å². The van der Waals surface area contributed by atoms with Crippen LogP contribution < -0.4 is 0 Å². The van der Waals surface area contributed by atoms with E-state index in [9.17, 15) is 4.79 Å². The van der Waals surface area contributed by atoms with Crippen LogP contribution in [0.3, 0.4) is 0 Å². The summed E-state index contributed by atoms with van der Waals surface area (Å²) in [4.78, 5) is 22.0. The Labute approximate surface area is 106 Å². The van der Waals surface area contributed by atoms with Gasteiger partial charge in [-0.2, -0.15) is 0 Å². The van der Waals surface area contributed by atoms with Gasteiger partial charge in [-0.1, -0.05) is 0 Å². The van der Waals surface area contributed by atoms with Crippen LogP contribution in [-0.4, -0.2) is 46.6 Å². The Bertz CT molecular complexity index is 412. The fourth-order valence-corrected chi connectivity index (χ4v) is 2.54. The van der Waals surface area contributed by atoms with Crippen LogP contribution in [0.25, 0.3) is 0 Å². The fraction of sp³-hybridized carbons (Fsp3) is 0.615. The molecular weight excluding hydrogens is 230 g/mol. The summed E-state index contributed by atoms with van der Waals surface area (Å²) < 4.78 is 5.49. The van der Waals surface area contributed by atoms with E-state index in [-0.39, 0.29) is 12.0 Å². The largest absolute Gasteiger partial charge is 0.378 e. The smallest absolute Gasteiger partial charge is 0.225 e.